The molecule has 0 aromatic heterocycles. The molecule has 0 heterocycles. The molecule has 0 radical (unpaired) electrons. The van der Waals surface area contributed by atoms with Crippen LogP contribution in [0.5, 0.6) is 5.75 Å². The molecule has 4 heteroatoms. The van der Waals surface area contributed by atoms with Gasteiger partial charge in [0, 0.05) is 18.2 Å². The van der Waals surface area contributed by atoms with Gasteiger partial charge in [0.2, 0.25) is 0 Å². The Bertz CT molecular complexity index is 574. The highest BCUT2D eigenvalue weighted by Crippen LogP contribution is 2.27. The molecule has 0 aliphatic rings. The first-order valence-corrected chi connectivity index (χ1v) is 7.19. The Hall–Kier alpha value is -1.55. The van der Waals surface area contributed by atoms with E-state index in [1.807, 2.05) is 42.5 Å². The van der Waals surface area contributed by atoms with Gasteiger partial charge in [-0.05, 0) is 35.7 Å². The van der Waals surface area contributed by atoms with Gasteiger partial charge in [-0.15, -0.1) is 0 Å². The summed E-state index contributed by atoms with van der Waals surface area (Å²) in [6, 6.07) is 15.3. The van der Waals surface area contributed by atoms with Crippen molar-refractivity contribution in [3.8, 4) is 5.75 Å². The average molecular weight is 306 g/mol. The van der Waals surface area contributed by atoms with Gasteiger partial charge in [0.15, 0.2) is 0 Å². The van der Waals surface area contributed by atoms with Gasteiger partial charge < -0.3 is 15.2 Å². The molecule has 0 spiro atoms. The molecule has 2 aromatic rings. The Morgan fingerprint density at radius 1 is 1.10 bits per heavy atom. The maximum absolute atomic E-state index is 6.34. The molecule has 0 amide bonds. The highest BCUT2D eigenvalue weighted by atomic mass is 35.5. The summed E-state index contributed by atoms with van der Waals surface area (Å²) >= 11 is 6.06. The number of hydrogen-bond acceptors (Lipinski definition) is 3. The molecule has 2 unspecified atom stereocenters. The third-order valence-electron chi connectivity index (χ3n) is 3.47. The molecule has 2 aromatic carbocycles. The van der Waals surface area contributed by atoms with Crippen LogP contribution >= 0.6 is 11.6 Å². The zero-order chi connectivity index (χ0) is 15.2. The van der Waals surface area contributed by atoms with Crippen molar-refractivity contribution < 1.29 is 9.47 Å². The predicted molar refractivity (Wildman–Crippen MR) is 85.9 cm³/mol. The third-order valence-corrected chi connectivity index (χ3v) is 3.70. The van der Waals surface area contributed by atoms with Gasteiger partial charge in [-0.1, -0.05) is 41.9 Å². The second kappa shape index (κ2) is 7.46. The van der Waals surface area contributed by atoms with E-state index in [2.05, 4.69) is 0 Å². The molecular formula is C17H20ClNO2. The van der Waals surface area contributed by atoms with Gasteiger partial charge in [0.25, 0.3) is 0 Å². The van der Waals surface area contributed by atoms with Gasteiger partial charge in [-0.3, -0.25) is 0 Å². The Morgan fingerprint density at radius 3 is 2.43 bits per heavy atom. The van der Waals surface area contributed by atoms with Crippen LogP contribution in [0.3, 0.4) is 0 Å². The fourth-order valence-corrected chi connectivity index (χ4v) is 2.66. The Balaban J connectivity index is 2.20. The number of methoxy groups -OCH3 is 2. The number of nitrogens with two attached hydrogens (primary N) is 1. The summed E-state index contributed by atoms with van der Waals surface area (Å²) in [7, 11) is 3.32. The molecule has 2 atom stereocenters. The second-order valence-electron chi connectivity index (χ2n) is 4.89. The minimum Gasteiger partial charge on any atom is -0.496 e. The third kappa shape index (κ3) is 3.97. The zero-order valence-electron chi connectivity index (χ0n) is 12.3. The summed E-state index contributed by atoms with van der Waals surface area (Å²) < 4.78 is 10.9. The van der Waals surface area contributed by atoms with Gasteiger partial charge in [0.05, 0.1) is 13.2 Å². The second-order valence-corrected chi connectivity index (χ2v) is 5.33. The fourth-order valence-electron chi connectivity index (χ4n) is 2.47. The van der Waals surface area contributed by atoms with Gasteiger partial charge in [-0.25, -0.2) is 0 Å². The van der Waals surface area contributed by atoms with Crippen molar-refractivity contribution in [1.82, 2.24) is 0 Å². The molecule has 21 heavy (non-hydrogen) atoms. The van der Waals surface area contributed by atoms with Crippen molar-refractivity contribution in [2.75, 3.05) is 14.2 Å². The first-order chi connectivity index (χ1) is 10.2. The van der Waals surface area contributed by atoms with Crippen LogP contribution in [0, 0.1) is 0 Å². The summed E-state index contributed by atoms with van der Waals surface area (Å²) in [6.45, 7) is 0. The summed E-state index contributed by atoms with van der Waals surface area (Å²) in [4.78, 5) is 0. The van der Waals surface area contributed by atoms with Gasteiger partial charge >= 0.3 is 0 Å². The van der Waals surface area contributed by atoms with E-state index in [0.717, 1.165) is 16.9 Å². The lowest BCUT2D eigenvalue weighted by Crippen LogP contribution is -2.32. The molecule has 0 bridgehead atoms. The van der Waals surface area contributed by atoms with Crippen LogP contribution in [-0.2, 0) is 11.2 Å². The molecule has 0 fully saturated rings. The van der Waals surface area contributed by atoms with Crippen LogP contribution in [0.15, 0.2) is 48.5 Å². The van der Waals surface area contributed by atoms with Gasteiger partial charge in [-0.2, -0.15) is 0 Å². The maximum Gasteiger partial charge on any atom is 0.122 e. The molecule has 0 saturated carbocycles. The molecule has 0 saturated heterocycles. The topological polar surface area (TPSA) is 44.5 Å². The normalized spacial score (nSPS) is 13.7. The molecule has 2 N–H and O–H groups in total. The van der Waals surface area contributed by atoms with Crippen LogP contribution < -0.4 is 10.5 Å². The summed E-state index contributed by atoms with van der Waals surface area (Å²) in [5, 5.41) is 0.673. The molecular weight excluding hydrogens is 286 g/mol. The van der Waals surface area contributed by atoms with E-state index in [1.165, 1.54) is 0 Å². The van der Waals surface area contributed by atoms with E-state index in [-0.39, 0.29) is 12.1 Å². The minimum absolute atomic E-state index is 0.171. The standard InChI is InChI=1S/C17H20ClNO2/c1-20-16-9-8-14(18)10-13(16)11-15(19)17(21-2)12-6-4-3-5-7-12/h3-10,15,17H,11,19H2,1-2H3. The summed E-state index contributed by atoms with van der Waals surface area (Å²) in [5.41, 5.74) is 8.39. The Labute approximate surface area is 130 Å². The SMILES string of the molecule is COc1ccc(Cl)cc1CC(N)C(OC)c1ccccc1. The van der Waals surface area contributed by atoms with Crippen LogP contribution in [0.4, 0.5) is 0 Å². The fraction of sp³-hybridized carbons (Fsp3) is 0.294. The van der Waals surface area contributed by atoms with E-state index in [1.54, 1.807) is 20.3 Å². The van der Waals surface area contributed by atoms with Crippen molar-refractivity contribution in [2.45, 2.75) is 18.6 Å². The van der Waals surface area contributed by atoms with E-state index >= 15 is 0 Å². The number of hydrogen-bond donors (Lipinski definition) is 1. The minimum atomic E-state index is -0.190. The van der Waals surface area contributed by atoms with Crippen LogP contribution in [0.1, 0.15) is 17.2 Å². The van der Waals surface area contributed by atoms with Crippen molar-refractivity contribution in [3.63, 3.8) is 0 Å². The maximum atomic E-state index is 6.34. The molecule has 0 aliphatic heterocycles. The predicted octanol–water partition coefficient (Wildman–Crippen LogP) is 3.61. The highest BCUT2D eigenvalue weighted by Gasteiger charge is 2.21. The quantitative estimate of drug-likeness (QED) is 0.886. The first-order valence-electron chi connectivity index (χ1n) is 6.81. The molecule has 3 nitrogen and oxygen atoms in total. The lowest BCUT2D eigenvalue weighted by Gasteiger charge is -2.24. The smallest absolute Gasteiger partial charge is 0.122 e. The number of ether oxygens (including phenoxy) is 2. The monoisotopic (exact) mass is 305 g/mol. The van der Waals surface area contributed by atoms with Gasteiger partial charge in [0.1, 0.15) is 5.75 Å². The zero-order valence-corrected chi connectivity index (χ0v) is 13.0. The van der Waals surface area contributed by atoms with Crippen LogP contribution in [-0.4, -0.2) is 20.3 Å². The average Bonchev–Trinajstić information content (AvgIpc) is 2.49. The number of halogens is 1. The lowest BCUT2D eigenvalue weighted by molar-refractivity contribution is 0.0801. The van der Waals surface area contributed by atoms with Crippen molar-refractivity contribution in [2.24, 2.45) is 5.73 Å². The van der Waals surface area contributed by atoms with E-state index in [4.69, 9.17) is 26.8 Å². The van der Waals surface area contributed by atoms with Crippen molar-refractivity contribution >= 4 is 11.6 Å². The van der Waals surface area contributed by atoms with Crippen LogP contribution in [0.25, 0.3) is 0 Å². The summed E-state index contributed by atoms with van der Waals surface area (Å²) in [6.07, 6.45) is 0.451. The highest BCUT2D eigenvalue weighted by molar-refractivity contribution is 6.30. The lowest BCUT2D eigenvalue weighted by atomic mass is 9.96. The van der Waals surface area contributed by atoms with Crippen molar-refractivity contribution in [3.05, 3.63) is 64.7 Å². The Kier molecular flexibility index (Phi) is 5.62. The van der Waals surface area contributed by atoms with Crippen LogP contribution in [0.2, 0.25) is 5.02 Å². The molecule has 0 aliphatic carbocycles. The molecule has 2 rings (SSSR count). The van der Waals surface area contributed by atoms with E-state index in [0.29, 0.717) is 11.4 Å². The largest absolute Gasteiger partial charge is 0.496 e. The molecule has 112 valence electrons. The van der Waals surface area contributed by atoms with Crippen molar-refractivity contribution in [1.29, 1.82) is 0 Å². The number of rotatable bonds is 6. The Morgan fingerprint density at radius 2 is 1.81 bits per heavy atom. The summed E-state index contributed by atoms with van der Waals surface area (Å²) in [5.74, 6) is 0.790. The number of benzene rings is 2. The first kappa shape index (κ1) is 15.8. The van der Waals surface area contributed by atoms with E-state index < -0.39 is 0 Å². The van der Waals surface area contributed by atoms with E-state index in [9.17, 15) is 0 Å².